The molecule has 0 aliphatic carbocycles. The molecular formula is C11H18N2O3S. The first kappa shape index (κ1) is 12.6. The van der Waals surface area contributed by atoms with E-state index in [1.54, 1.807) is 0 Å². The van der Waals surface area contributed by atoms with E-state index < -0.39 is 10.0 Å². The van der Waals surface area contributed by atoms with Gasteiger partial charge in [0.1, 0.15) is 0 Å². The van der Waals surface area contributed by atoms with Crippen LogP contribution < -0.4 is 0 Å². The van der Waals surface area contributed by atoms with Crippen molar-refractivity contribution in [2.45, 2.75) is 38.6 Å². The molecule has 96 valence electrons. The van der Waals surface area contributed by atoms with E-state index in [-0.39, 0.29) is 6.04 Å². The molecule has 0 saturated carbocycles. The van der Waals surface area contributed by atoms with E-state index in [0.29, 0.717) is 18.2 Å². The predicted octanol–water partition coefficient (Wildman–Crippen LogP) is 1.89. The molecule has 1 aromatic rings. The van der Waals surface area contributed by atoms with Gasteiger partial charge in [0.25, 0.3) is 0 Å². The molecule has 0 spiro atoms. The Labute approximate surface area is 102 Å². The molecule has 17 heavy (non-hydrogen) atoms. The Balaban J connectivity index is 2.26. The highest BCUT2D eigenvalue weighted by atomic mass is 32.2. The Bertz CT molecular complexity index is 493. The molecule has 1 aliphatic heterocycles. The van der Waals surface area contributed by atoms with Crippen LogP contribution in [0.4, 0.5) is 0 Å². The zero-order chi connectivity index (χ0) is 12.6. The van der Waals surface area contributed by atoms with Crippen molar-refractivity contribution in [3.8, 4) is 0 Å². The van der Waals surface area contributed by atoms with Gasteiger partial charge in [-0.3, -0.25) is 0 Å². The van der Waals surface area contributed by atoms with Gasteiger partial charge >= 0.3 is 0 Å². The summed E-state index contributed by atoms with van der Waals surface area (Å²) in [6.07, 6.45) is 2.92. The summed E-state index contributed by atoms with van der Waals surface area (Å²) in [5, 5.41) is 3.98. The molecule has 1 aromatic heterocycles. The van der Waals surface area contributed by atoms with Crippen LogP contribution in [-0.2, 0) is 10.0 Å². The number of hydrogen-bond donors (Lipinski definition) is 0. The van der Waals surface area contributed by atoms with Crippen LogP contribution in [0.5, 0.6) is 0 Å². The lowest BCUT2D eigenvalue weighted by atomic mass is 10.1. The smallest absolute Gasteiger partial charge is 0.211 e. The lowest BCUT2D eigenvalue weighted by Crippen LogP contribution is -2.29. The minimum Gasteiger partial charge on any atom is -0.359 e. The van der Waals surface area contributed by atoms with Crippen molar-refractivity contribution >= 4 is 10.0 Å². The Morgan fingerprint density at radius 2 is 2.24 bits per heavy atom. The Hall–Kier alpha value is -0.880. The van der Waals surface area contributed by atoms with E-state index >= 15 is 0 Å². The number of hydrogen-bond acceptors (Lipinski definition) is 4. The van der Waals surface area contributed by atoms with Gasteiger partial charge in [0, 0.05) is 12.6 Å². The molecule has 0 radical (unpaired) electrons. The van der Waals surface area contributed by atoms with Crippen molar-refractivity contribution in [1.29, 1.82) is 0 Å². The zero-order valence-corrected chi connectivity index (χ0v) is 11.2. The molecule has 0 amide bonds. The normalized spacial score (nSPS) is 22.5. The highest BCUT2D eigenvalue weighted by Crippen LogP contribution is 2.34. The van der Waals surface area contributed by atoms with Crippen LogP contribution in [-0.4, -0.2) is 30.7 Å². The molecule has 0 aromatic carbocycles. The number of rotatable bonds is 3. The molecule has 1 atom stereocenters. The van der Waals surface area contributed by atoms with Gasteiger partial charge in [-0.15, -0.1) is 0 Å². The average molecular weight is 258 g/mol. The lowest BCUT2D eigenvalue weighted by Gasteiger charge is -2.19. The van der Waals surface area contributed by atoms with Crippen LogP contribution in [0.3, 0.4) is 0 Å². The summed E-state index contributed by atoms with van der Waals surface area (Å²) >= 11 is 0. The third kappa shape index (κ3) is 2.52. The van der Waals surface area contributed by atoms with Crippen molar-refractivity contribution in [2.24, 2.45) is 0 Å². The molecule has 6 heteroatoms. The van der Waals surface area contributed by atoms with Crippen molar-refractivity contribution < 1.29 is 12.9 Å². The van der Waals surface area contributed by atoms with Gasteiger partial charge in [-0.2, -0.15) is 4.31 Å². The molecule has 1 saturated heterocycles. The summed E-state index contributed by atoms with van der Waals surface area (Å²) in [7, 11) is -3.17. The fourth-order valence-electron chi connectivity index (χ4n) is 2.15. The Morgan fingerprint density at radius 3 is 2.76 bits per heavy atom. The summed E-state index contributed by atoms with van der Waals surface area (Å²) in [5.41, 5.74) is 0.875. The van der Waals surface area contributed by atoms with E-state index in [9.17, 15) is 8.42 Å². The van der Waals surface area contributed by atoms with Crippen LogP contribution >= 0.6 is 0 Å². The van der Waals surface area contributed by atoms with E-state index in [1.807, 2.05) is 19.9 Å². The highest BCUT2D eigenvalue weighted by molar-refractivity contribution is 7.88. The summed E-state index contributed by atoms with van der Waals surface area (Å²) in [6, 6.07) is 1.70. The van der Waals surface area contributed by atoms with E-state index in [4.69, 9.17) is 4.52 Å². The molecule has 0 unspecified atom stereocenters. The second-order valence-corrected chi connectivity index (χ2v) is 6.78. The first-order valence-electron chi connectivity index (χ1n) is 5.83. The summed E-state index contributed by atoms with van der Waals surface area (Å²) in [6.45, 7) is 4.64. The number of nitrogens with zero attached hydrogens (tertiary/aromatic N) is 2. The van der Waals surface area contributed by atoms with Crippen molar-refractivity contribution in [3.63, 3.8) is 0 Å². The maximum Gasteiger partial charge on any atom is 0.211 e. The Kier molecular flexibility index (Phi) is 3.27. The zero-order valence-electron chi connectivity index (χ0n) is 10.4. The SMILES string of the molecule is CC(C)c1cc([C@H]2CCCN2S(C)(=O)=O)on1. The van der Waals surface area contributed by atoms with Crippen LogP contribution in [0.25, 0.3) is 0 Å². The quantitative estimate of drug-likeness (QED) is 0.830. The molecule has 0 bridgehead atoms. The molecule has 5 nitrogen and oxygen atoms in total. The maximum atomic E-state index is 11.6. The molecule has 0 N–H and O–H groups in total. The van der Waals surface area contributed by atoms with Gasteiger partial charge in [0.15, 0.2) is 5.76 Å². The molecular weight excluding hydrogens is 240 g/mol. The van der Waals surface area contributed by atoms with Gasteiger partial charge in [0.05, 0.1) is 18.0 Å². The first-order valence-corrected chi connectivity index (χ1v) is 7.67. The maximum absolute atomic E-state index is 11.6. The molecule has 1 fully saturated rings. The first-order chi connectivity index (χ1) is 7.89. The lowest BCUT2D eigenvalue weighted by molar-refractivity contribution is 0.296. The minimum atomic E-state index is -3.17. The van der Waals surface area contributed by atoms with Crippen LogP contribution in [0.1, 0.15) is 50.1 Å². The molecule has 2 rings (SSSR count). The van der Waals surface area contributed by atoms with Crippen LogP contribution in [0.2, 0.25) is 0 Å². The second-order valence-electron chi connectivity index (χ2n) is 4.84. The summed E-state index contributed by atoms with van der Waals surface area (Å²) < 4.78 is 30.0. The third-order valence-corrected chi connectivity index (χ3v) is 4.39. The number of aromatic nitrogens is 1. The highest BCUT2D eigenvalue weighted by Gasteiger charge is 2.35. The van der Waals surface area contributed by atoms with E-state index in [0.717, 1.165) is 18.5 Å². The van der Waals surface area contributed by atoms with Gasteiger partial charge < -0.3 is 4.52 Å². The standard InChI is InChI=1S/C11H18N2O3S/c1-8(2)9-7-11(16-12-9)10-5-4-6-13(10)17(3,14)15/h7-8,10H,4-6H2,1-3H3/t10-/m1/s1. The fourth-order valence-corrected chi connectivity index (χ4v) is 3.29. The van der Waals surface area contributed by atoms with Crippen molar-refractivity contribution in [2.75, 3.05) is 12.8 Å². The molecule has 1 aliphatic rings. The van der Waals surface area contributed by atoms with Crippen LogP contribution in [0.15, 0.2) is 10.6 Å². The topological polar surface area (TPSA) is 63.4 Å². The van der Waals surface area contributed by atoms with Crippen molar-refractivity contribution in [1.82, 2.24) is 9.46 Å². The van der Waals surface area contributed by atoms with Crippen LogP contribution in [0, 0.1) is 0 Å². The van der Waals surface area contributed by atoms with Crippen molar-refractivity contribution in [3.05, 3.63) is 17.5 Å². The molecule has 2 heterocycles. The average Bonchev–Trinajstić information content (AvgIpc) is 2.85. The third-order valence-electron chi connectivity index (χ3n) is 3.10. The van der Waals surface area contributed by atoms with E-state index in [2.05, 4.69) is 5.16 Å². The van der Waals surface area contributed by atoms with Gasteiger partial charge in [-0.1, -0.05) is 19.0 Å². The minimum absolute atomic E-state index is 0.176. The number of sulfonamides is 1. The Morgan fingerprint density at radius 1 is 1.53 bits per heavy atom. The summed E-state index contributed by atoms with van der Waals surface area (Å²) in [5.74, 6) is 0.956. The van der Waals surface area contributed by atoms with Gasteiger partial charge in [-0.05, 0) is 18.8 Å². The second kappa shape index (κ2) is 4.42. The van der Waals surface area contributed by atoms with E-state index in [1.165, 1.54) is 10.6 Å². The largest absolute Gasteiger partial charge is 0.359 e. The summed E-state index contributed by atoms with van der Waals surface area (Å²) in [4.78, 5) is 0. The fraction of sp³-hybridized carbons (Fsp3) is 0.727. The van der Waals surface area contributed by atoms with Gasteiger partial charge in [0.2, 0.25) is 10.0 Å². The monoisotopic (exact) mass is 258 g/mol. The predicted molar refractivity (Wildman–Crippen MR) is 64.1 cm³/mol. The van der Waals surface area contributed by atoms with Gasteiger partial charge in [-0.25, -0.2) is 8.42 Å².